The average Bonchev–Trinajstić information content (AvgIpc) is 2.93. The Labute approximate surface area is 123 Å². The number of amides is 1. The van der Waals surface area contributed by atoms with Crippen molar-refractivity contribution in [3.05, 3.63) is 0 Å². The Balaban J connectivity index is 1.80. The summed E-state index contributed by atoms with van der Waals surface area (Å²) < 4.78 is 0. The van der Waals surface area contributed by atoms with Gasteiger partial charge in [-0.1, -0.05) is 26.7 Å². The van der Waals surface area contributed by atoms with Crippen molar-refractivity contribution in [3.63, 3.8) is 0 Å². The van der Waals surface area contributed by atoms with Gasteiger partial charge in [-0.25, -0.2) is 0 Å². The molecule has 2 atom stereocenters. The summed E-state index contributed by atoms with van der Waals surface area (Å²) in [6.07, 6.45) is 10.2. The standard InChI is InChI=1S/C17H30N2O/c1-12(2)11-17(7-3-4-8-17)16(20)19-14-5-6-15(19)10-13(18)9-14/h12-15H,3-11,18H2,1-2H3. The summed E-state index contributed by atoms with van der Waals surface area (Å²) in [5.74, 6) is 1.10. The van der Waals surface area contributed by atoms with E-state index in [4.69, 9.17) is 5.73 Å². The largest absolute Gasteiger partial charge is 0.336 e. The van der Waals surface area contributed by atoms with Gasteiger partial charge in [-0.2, -0.15) is 0 Å². The fourth-order valence-electron chi connectivity index (χ4n) is 5.16. The van der Waals surface area contributed by atoms with Crippen LogP contribution in [-0.4, -0.2) is 28.9 Å². The van der Waals surface area contributed by atoms with Crippen molar-refractivity contribution in [2.75, 3.05) is 0 Å². The minimum atomic E-state index is -0.0313. The van der Waals surface area contributed by atoms with Gasteiger partial charge in [-0.05, 0) is 50.9 Å². The fraction of sp³-hybridized carbons (Fsp3) is 0.941. The summed E-state index contributed by atoms with van der Waals surface area (Å²) in [5, 5.41) is 0. The van der Waals surface area contributed by atoms with Crippen molar-refractivity contribution in [2.45, 2.75) is 89.8 Å². The second-order valence-electron chi connectivity index (χ2n) is 7.91. The number of nitrogens with two attached hydrogens (primary N) is 1. The highest BCUT2D eigenvalue weighted by Gasteiger charge is 2.50. The summed E-state index contributed by atoms with van der Waals surface area (Å²) in [7, 11) is 0. The van der Waals surface area contributed by atoms with Gasteiger partial charge in [0.1, 0.15) is 0 Å². The lowest BCUT2D eigenvalue weighted by Gasteiger charge is -2.43. The van der Waals surface area contributed by atoms with Gasteiger partial charge in [0.25, 0.3) is 0 Å². The number of carbonyl (C=O) groups excluding carboxylic acids is 1. The van der Waals surface area contributed by atoms with Crippen LogP contribution >= 0.6 is 0 Å². The minimum Gasteiger partial charge on any atom is -0.336 e. The summed E-state index contributed by atoms with van der Waals surface area (Å²) in [6.45, 7) is 4.52. The molecule has 3 nitrogen and oxygen atoms in total. The van der Waals surface area contributed by atoms with Gasteiger partial charge in [0.15, 0.2) is 0 Å². The smallest absolute Gasteiger partial charge is 0.229 e. The van der Waals surface area contributed by atoms with Crippen molar-refractivity contribution in [3.8, 4) is 0 Å². The Morgan fingerprint density at radius 2 is 1.75 bits per heavy atom. The maximum Gasteiger partial charge on any atom is 0.229 e. The van der Waals surface area contributed by atoms with Crippen LogP contribution in [0.5, 0.6) is 0 Å². The first-order valence-corrected chi connectivity index (χ1v) is 8.60. The Morgan fingerprint density at radius 3 is 2.25 bits per heavy atom. The highest BCUT2D eigenvalue weighted by molar-refractivity contribution is 5.84. The van der Waals surface area contributed by atoms with E-state index in [-0.39, 0.29) is 5.41 Å². The van der Waals surface area contributed by atoms with Gasteiger partial charge < -0.3 is 10.6 Å². The molecule has 3 fully saturated rings. The molecule has 0 radical (unpaired) electrons. The molecule has 3 heteroatoms. The molecule has 3 rings (SSSR count). The number of rotatable bonds is 3. The summed E-state index contributed by atoms with van der Waals surface area (Å²) >= 11 is 0. The summed E-state index contributed by atoms with van der Waals surface area (Å²) in [5.41, 5.74) is 6.12. The van der Waals surface area contributed by atoms with Crippen LogP contribution < -0.4 is 5.73 Å². The lowest BCUT2D eigenvalue weighted by Crippen LogP contribution is -2.54. The van der Waals surface area contributed by atoms with E-state index < -0.39 is 0 Å². The molecule has 0 aromatic carbocycles. The van der Waals surface area contributed by atoms with Gasteiger partial charge >= 0.3 is 0 Å². The predicted molar refractivity (Wildman–Crippen MR) is 81.2 cm³/mol. The number of fused-ring (bicyclic) bond motifs is 2. The van der Waals surface area contributed by atoms with Gasteiger partial charge in [-0.3, -0.25) is 4.79 Å². The average molecular weight is 278 g/mol. The second kappa shape index (κ2) is 5.32. The molecule has 0 aromatic rings. The van der Waals surface area contributed by atoms with E-state index in [1.807, 2.05) is 0 Å². The Morgan fingerprint density at radius 1 is 1.20 bits per heavy atom. The highest BCUT2D eigenvalue weighted by Crippen LogP contribution is 2.48. The van der Waals surface area contributed by atoms with Gasteiger partial charge in [-0.15, -0.1) is 0 Å². The van der Waals surface area contributed by atoms with E-state index in [0.29, 0.717) is 30.0 Å². The fourth-order valence-corrected chi connectivity index (χ4v) is 5.16. The predicted octanol–water partition coefficient (Wildman–Crippen LogP) is 3.07. The van der Waals surface area contributed by atoms with Crippen molar-refractivity contribution in [2.24, 2.45) is 17.1 Å². The highest BCUT2D eigenvalue weighted by atomic mass is 16.2. The first kappa shape index (κ1) is 14.4. The topological polar surface area (TPSA) is 46.3 Å². The van der Waals surface area contributed by atoms with Gasteiger partial charge in [0.2, 0.25) is 5.91 Å². The third-order valence-corrected chi connectivity index (χ3v) is 5.82. The van der Waals surface area contributed by atoms with Crippen LogP contribution in [0.4, 0.5) is 0 Å². The number of nitrogens with zero attached hydrogens (tertiary/aromatic N) is 1. The van der Waals surface area contributed by atoms with Crippen LogP contribution in [0.15, 0.2) is 0 Å². The summed E-state index contributed by atoms with van der Waals surface area (Å²) in [6, 6.07) is 1.21. The van der Waals surface area contributed by atoms with E-state index in [2.05, 4.69) is 18.7 Å². The van der Waals surface area contributed by atoms with Gasteiger partial charge in [0.05, 0.1) is 0 Å². The molecule has 0 spiro atoms. The lowest BCUT2D eigenvalue weighted by atomic mass is 9.76. The third-order valence-electron chi connectivity index (χ3n) is 5.82. The molecule has 20 heavy (non-hydrogen) atoms. The van der Waals surface area contributed by atoms with E-state index in [0.717, 1.165) is 32.1 Å². The number of hydrogen-bond donors (Lipinski definition) is 1. The molecule has 2 unspecified atom stereocenters. The molecule has 2 saturated heterocycles. The Bertz CT molecular complexity index is 359. The van der Waals surface area contributed by atoms with Crippen LogP contribution in [-0.2, 0) is 4.79 Å². The molecule has 2 heterocycles. The van der Waals surface area contributed by atoms with E-state index in [1.165, 1.54) is 25.7 Å². The van der Waals surface area contributed by atoms with Gasteiger partial charge in [0, 0.05) is 23.5 Å². The maximum absolute atomic E-state index is 13.3. The van der Waals surface area contributed by atoms with Crippen LogP contribution in [0.2, 0.25) is 0 Å². The molecular weight excluding hydrogens is 248 g/mol. The van der Waals surface area contributed by atoms with Crippen LogP contribution in [0.25, 0.3) is 0 Å². The molecule has 2 N–H and O–H groups in total. The zero-order chi connectivity index (χ0) is 14.3. The quantitative estimate of drug-likeness (QED) is 0.862. The molecule has 1 saturated carbocycles. The number of carbonyl (C=O) groups is 1. The third kappa shape index (κ3) is 2.38. The molecule has 0 aromatic heterocycles. The molecule has 1 aliphatic carbocycles. The van der Waals surface area contributed by atoms with E-state index >= 15 is 0 Å². The van der Waals surface area contributed by atoms with Crippen molar-refractivity contribution < 1.29 is 4.79 Å². The number of hydrogen-bond acceptors (Lipinski definition) is 2. The molecule has 3 aliphatic rings. The zero-order valence-electron chi connectivity index (χ0n) is 13.1. The van der Waals surface area contributed by atoms with E-state index in [1.54, 1.807) is 0 Å². The minimum absolute atomic E-state index is 0.0313. The van der Waals surface area contributed by atoms with E-state index in [9.17, 15) is 4.79 Å². The molecule has 114 valence electrons. The normalized spacial score (nSPS) is 35.8. The van der Waals surface area contributed by atoms with Crippen LogP contribution in [0.1, 0.15) is 71.6 Å². The SMILES string of the molecule is CC(C)CC1(C(=O)N2C3CCC2CC(N)C3)CCCC1. The van der Waals surface area contributed by atoms with Crippen molar-refractivity contribution in [1.82, 2.24) is 4.90 Å². The zero-order valence-corrected chi connectivity index (χ0v) is 13.1. The Hall–Kier alpha value is -0.570. The lowest BCUT2D eigenvalue weighted by molar-refractivity contribution is -0.148. The maximum atomic E-state index is 13.3. The van der Waals surface area contributed by atoms with Crippen LogP contribution in [0.3, 0.4) is 0 Å². The van der Waals surface area contributed by atoms with Crippen molar-refractivity contribution >= 4 is 5.91 Å². The van der Waals surface area contributed by atoms with Crippen LogP contribution in [0, 0.1) is 11.3 Å². The molecular formula is C17H30N2O. The second-order valence-corrected chi connectivity index (χ2v) is 7.91. The monoisotopic (exact) mass is 278 g/mol. The van der Waals surface area contributed by atoms with Crippen molar-refractivity contribution in [1.29, 1.82) is 0 Å². The first-order chi connectivity index (χ1) is 9.52. The molecule has 2 aliphatic heterocycles. The number of piperidine rings is 1. The Kier molecular flexibility index (Phi) is 3.83. The molecule has 2 bridgehead atoms. The summed E-state index contributed by atoms with van der Waals surface area (Å²) in [4.78, 5) is 15.6. The first-order valence-electron chi connectivity index (χ1n) is 8.60. The molecule has 1 amide bonds.